The summed E-state index contributed by atoms with van der Waals surface area (Å²) in [6, 6.07) is 15.0. The zero-order valence-electron chi connectivity index (χ0n) is 15.8. The lowest BCUT2D eigenvalue weighted by Crippen LogP contribution is -2.29. The van der Waals surface area contributed by atoms with Crippen LogP contribution >= 0.6 is 22.9 Å². The number of hydrogen-bond donors (Lipinski definition) is 1. The monoisotopic (exact) mass is 448 g/mol. The Kier molecular flexibility index (Phi) is 4.72. The number of thiazole rings is 1. The highest BCUT2D eigenvalue weighted by molar-refractivity contribution is 7.22. The van der Waals surface area contributed by atoms with Gasteiger partial charge in [0.15, 0.2) is 5.13 Å². The van der Waals surface area contributed by atoms with Gasteiger partial charge in [-0.15, -0.1) is 0 Å². The van der Waals surface area contributed by atoms with E-state index in [0.29, 0.717) is 15.8 Å². The molecule has 1 aliphatic rings. The molecule has 0 bridgehead atoms. The highest BCUT2D eigenvalue weighted by atomic mass is 35.5. The van der Waals surface area contributed by atoms with Crippen LogP contribution in [0.4, 0.5) is 5.13 Å². The van der Waals surface area contributed by atoms with Crippen molar-refractivity contribution < 1.29 is 14.4 Å². The first-order chi connectivity index (χ1) is 15.0. The Hall–Kier alpha value is -3.62. The molecule has 0 aliphatic carbocycles. The van der Waals surface area contributed by atoms with Crippen LogP contribution in [0.2, 0.25) is 5.02 Å². The molecule has 2 aromatic heterocycles. The summed E-state index contributed by atoms with van der Waals surface area (Å²) in [7, 11) is 0. The quantitative estimate of drug-likeness (QED) is 0.467. The maximum Gasteiger partial charge on any atom is 0.261 e. The van der Waals surface area contributed by atoms with Crippen LogP contribution in [0, 0.1) is 0 Å². The zero-order valence-corrected chi connectivity index (χ0v) is 17.4. The molecule has 1 aliphatic heterocycles. The van der Waals surface area contributed by atoms with Crippen LogP contribution in [-0.2, 0) is 6.54 Å². The fraction of sp³-hybridized carbons (Fsp3) is 0.0455. The van der Waals surface area contributed by atoms with Gasteiger partial charge in [-0.3, -0.25) is 29.6 Å². The minimum absolute atomic E-state index is 0.0724. The molecule has 0 unspecified atom stereocenters. The minimum atomic E-state index is -0.449. The van der Waals surface area contributed by atoms with Crippen LogP contribution in [-0.4, -0.2) is 32.6 Å². The van der Waals surface area contributed by atoms with E-state index in [-0.39, 0.29) is 23.2 Å². The van der Waals surface area contributed by atoms with E-state index in [4.69, 9.17) is 11.6 Å². The van der Waals surface area contributed by atoms with Crippen LogP contribution in [0.15, 0.2) is 60.8 Å². The second-order valence-corrected chi connectivity index (χ2v) is 8.33. The van der Waals surface area contributed by atoms with E-state index in [0.717, 1.165) is 15.1 Å². The third-order valence-corrected chi connectivity index (χ3v) is 6.02. The first-order valence-electron chi connectivity index (χ1n) is 9.27. The van der Waals surface area contributed by atoms with Crippen molar-refractivity contribution in [2.45, 2.75) is 6.54 Å². The van der Waals surface area contributed by atoms with Crippen molar-refractivity contribution in [3.05, 3.63) is 88.2 Å². The normalized spacial score (nSPS) is 13.0. The molecule has 3 amide bonds. The third-order valence-electron chi connectivity index (χ3n) is 4.85. The number of fused-ring (bicyclic) bond motifs is 2. The molecule has 0 saturated heterocycles. The lowest BCUT2D eigenvalue weighted by Gasteiger charge is -2.12. The van der Waals surface area contributed by atoms with Crippen molar-refractivity contribution in [3.8, 4) is 0 Å². The van der Waals surface area contributed by atoms with E-state index in [1.165, 1.54) is 29.5 Å². The Morgan fingerprint density at radius 3 is 2.68 bits per heavy atom. The minimum Gasteiger partial charge on any atom is -0.298 e. The molecule has 1 N–H and O–H groups in total. The van der Waals surface area contributed by atoms with Crippen molar-refractivity contribution in [1.82, 2.24) is 14.9 Å². The average Bonchev–Trinajstić information content (AvgIpc) is 3.27. The number of aromatic nitrogens is 2. The molecule has 3 heterocycles. The number of rotatable bonds is 4. The Morgan fingerprint density at radius 1 is 1.03 bits per heavy atom. The summed E-state index contributed by atoms with van der Waals surface area (Å²) in [5.41, 5.74) is 2.06. The first-order valence-corrected chi connectivity index (χ1v) is 10.5. The summed E-state index contributed by atoms with van der Waals surface area (Å²) in [4.78, 5) is 47.9. The number of pyridine rings is 1. The number of amides is 3. The number of imide groups is 1. The van der Waals surface area contributed by atoms with Gasteiger partial charge in [0, 0.05) is 16.8 Å². The van der Waals surface area contributed by atoms with Crippen LogP contribution < -0.4 is 5.32 Å². The zero-order chi connectivity index (χ0) is 21.5. The highest BCUT2D eigenvalue weighted by Gasteiger charge is 2.36. The maximum atomic E-state index is 12.8. The van der Waals surface area contributed by atoms with Gasteiger partial charge in [0.2, 0.25) is 0 Å². The van der Waals surface area contributed by atoms with Crippen molar-refractivity contribution in [2.24, 2.45) is 0 Å². The van der Waals surface area contributed by atoms with Gasteiger partial charge in [-0.2, -0.15) is 0 Å². The predicted molar refractivity (Wildman–Crippen MR) is 117 cm³/mol. The smallest absolute Gasteiger partial charge is 0.261 e. The molecule has 152 valence electrons. The second-order valence-electron chi connectivity index (χ2n) is 6.86. The summed E-state index contributed by atoms with van der Waals surface area (Å²) in [5.74, 6) is -1.27. The van der Waals surface area contributed by atoms with Crippen molar-refractivity contribution >= 4 is 56.0 Å². The van der Waals surface area contributed by atoms with E-state index >= 15 is 0 Å². The molecular formula is C22H13ClN4O3S. The lowest BCUT2D eigenvalue weighted by atomic mass is 10.1. The highest BCUT2D eigenvalue weighted by Crippen LogP contribution is 2.29. The van der Waals surface area contributed by atoms with Gasteiger partial charge in [0.1, 0.15) is 0 Å². The molecule has 0 fully saturated rings. The van der Waals surface area contributed by atoms with Gasteiger partial charge >= 0.3 is 0 Å². The number of nitrogens with zero attached hydrogens (tertiary/aromatic N) is 3. The summed E-state index contributed by atoms with van der Waals surface area (Å²) >= 11 is 7.29. The summed E-state index contributed by atoms with van der Waals surface area (Å²) in [6.45, 7) is 0.0724. The Bertz CT molecular complexity index is 1370. The van der Waals surface area contributed by atoms with E-state index in [1.54, 1.807) is 42.6 Å². The number of benzene rings is 2. The predicted octanol–water partition coefficient (Wildman–Crippen LogP) is 4.39. The number of anilines is 1. The molecule has 2 aromatic carbocycles. The van der Waals surface area contributed by atoms with Gasteiger partial charge in [-0.25, -0.2) is 4.98 Å². The Morgan fingerprint density at radius 2 is 1.87 bits per heavy atom. The number of carbonyl (C=O) groups excluding carboxylic acids is 3. The van der Waals surface area contributed by atoms with Gasteiger partial charge in [-0.1, -0.05) is 29.0 Å². The van der Waals surface area contributed by atoms with Gasteiger partial charge < -0.3 is 0 Å². The third kappa shape index (κ3) is 3.56. The molecule has 0 atom stereocenters. The van der Waals surface area contributed by atoms with E-state index in [9.17, 15) is 14.4 Å². The Balaban J connectivity index is 1.38. The number of hydrogen-bond acceptors (Lipinski definition) is 6. The van der Waals surface area contributed by atoms with Crippen LogP contribution in [0.25, 0.3) is 10.2 Å². The van der Waals surface area contributed by atoms with Crippen LogP contribution in [0.3, 0.4) is 0 Å². The Labute approximate surface area is 185 Å². The fourth-order valence-corrected chi connectivity index (χ4v) is 4.49. The largest absolute Gasteiger partial charge is 0.298 e. The number of carbonyl (C=O) groups is 3. The summed E-state index contributed by atoms with van der Waals surface area (Å²) in [5, 5.41) is 3.75. The lowest BCUT2D eigenvalue weighted by molar-refractivity contribution is 0.0640. The van der Waals surface area contributed by atoms with Crippen molar-refractivity contribution in [1.29, 1.82) is 0 Å². The molecule has 4 aromatic rings. The SMILES string of the molecule is O=C(Nc1nc2ccc(Cl)cc2s1)c1ccc2c(c1)C(=O)N(Cc1ccccn1)C2=O. The molecule has 9 heteroatoms. The van der Waals surface area contributed by atoms with E-state index in [1.807, 2.05) is 0 Å². The molecule has 31 heavy (non-hydrogen) atoms. The summed E-state index contributed by atoms with van der Waals surface area (Å²) in [6.07, 6.45) is 1.60. The number of halogens is 1. The van der Waals surface area contributed by atoms with Crippen LogP contribution in [0.5, 0.6) is 0 Å². The van der Waals surface area contributed by atoms with E-state index < -0.39 is 17.7 Å². The molecule has 5 rings (SSSR count). The van der Waals surface area contributed by atoms with Gasteiger partial charge in [0.25, 0.3) is 17.7 Å². The molecule has 0 radical (unpaired) electrons. The second kappa shape index (κ2) is 7.57. The average molecular weight is 449 g/mol. The van der Waals surface area contributed by atoms with Crippen molar-refractivity contribution in [3.63, 3.8) is 0 Å². The maximum absolute atomic E-state index is 12.8. The van der Waals surface area contributed by atoms with Crippen molar-refractivity contribution in [2.75, 3.05) is 5.32 Å². The molecular weight excluding hydrogens is 436 g/mol. The summed E-state index contributed by atoms with van der Waals surface area (Å²) < 4.78 is 0.850. The first kappa shape index (κ1) is 19.3. The molecule has 0 spiro atoms. The van der Waals surface area contributed by atoms with Gasteiger partial charge in [0.05, 0.1) is 33.6 Å². The van der Waals surface area contributed by atoms with Crippen LogP contribution in [0.1, 0.15) is 36.8 Å². The molecule has 0 saturated carbocycles. The number of nitrogens with one attached hydrogen (secondary N) is 1. The van der Waals surface area contributed by atoms with Gasteiger partial charge in [-0.05, 0) is 48.5 Å². The van der Waals surface area contributed by atoms with E-state index in [2.05, 4.69) is 15.3 Å². The topological polar surface area (TPSA) is 92.3 Å². The standard InChI is InChI=1S/C22H13ClN4O3S/c23-13-5-7-17-18(10-13)31-22(25-17)26-19(28)12-4-6-15-16(9-12)21(30)27(20(15)29)11-14-3-1-2-8-24-14/h1-10H,11H2,(H,25,26,28). The fourth-order valence-electron chi connectivity index (χ4n) is 3.35. The molecule has 7 nitrogen and oxygen atoms in total.